The molecule has 0 bridgehead atoms. The highest BCUT2D eigenvalue weighted by molar-refractivity contribution is 5.75. The molecule has 1 unspecified atom stereocenters. The van der Waals surface area contributed by atoms with E-state index in [2.05, 4.69) is 30.0 Å². The molecule has 1 aromatic carbocycles. The van der Waals surface area contributed by atoms with Gasteiger partial charge in [-0.15, -0.1) is 5.10 Å². The molecule has 1 saturated heterocycles. The molecule has 0 N–H and O–H groups in total. The molecule has 3 aromatic rings. The Kier molecular flexibility index (Phi) is 3.90. The van der Waals surface area contributed by atoms with Crippen LogP contribution in [0.25, 0.3) is 16.7 Å². The molecule has 0 aliphatic carbocycles. The fourth-order valence-corrected chi connectivity index (χ4v) is 3.07. The molecule has 1 aliphatic rings. The first-order valence-electron chi connectivity index (χ1n) is 8.59. The topological polar surface area (TPSA) is 34.0 Å². The quantitative estimate of drug-likeness (QED) is 0.711. The largest absolute Gasteiger partial charge is 0.365 e. The second-order valence-electron chi connectivity index (χ2n) is 6.70. The van der Waals surface area contributed by atoms with Gasteiger partial charge in [-0.2, -0.15) is 0 Å². The second kappa shape index (κ2) is 6.10. The molecule has 2 aromatic heterocycles. The van der Waals surface area contributed by atoms with Crippen LogP contribution >= 0.6 is 0 Å². The Balaban J connectivity index is 1.72. The molecule has 4 nitrogen and oxygen atoms in total. The van der Waals surface area contributed by atoms with E-state index in [4.69, 9.17) is 0 Å². The van der Waals surface area contributed by atoms with Crippen molar-refractivity contribution in [2.75, 3.05) is 18.0 Å². The Labute approximate surface area is 145 Å². The van der Waals surface area contributed by atoms with E-state index >= 15 is 0 Å². The van der Waals surface area contributed by atoms with Gasteiger partial charge in [0.05, 0.1) is 13.1 Å². The molecule has 0 spiro atoms. The maximum atomic E-state index is 14.3. The van der Waals surface area contributed by atoms with Crippen molar-refractivity contribution in [2.24, 2.45) is 0 Å². The van der Waals surface area contributed by atoms with E-state index in [9.17, 15) is 8.78 Å². The van der Waals surface area contributed by atoms with Gasteiger partial charge in [0.15, 0.2) is 5.65 Å². The minimum atomic E-state index is -0.802. The fraction of sp³-hybridized carbons (Fsp3) is 0.368. The van der Waals surface area contributed by atoms with Crippen molar-refractivity contribution in [1.82, 2.24) is 14.8 Å². The molecular weight excluding hydrogens is 322 g/mol. The summed E-state index contributed by atoms with van der Waals surface area (Å²) in [4.78, 5) is 6.29. The second-order valence-corrected chi connectivity index (χ2v) is 6.70. The minimum Gasteiger partial charge on any atom is -0.365 e. The molecule has 6 heteroatoms. The number of alkyl halides is 1. The van der Waals surface area contributed by atoms with E-state index in [1.807, 2.05) is 11.1 Å². The van der Waals surface area contributed by atoms with Crippen molar-refractivity contribution in [2.45, 2.75) is 32.4 Å². The highest BCUT2D eigenvalue weighted by atomic mass is 19.1. The summed E-state index contributed by atoms with van der Waals surface area (Å²) < 4.78 is 28.9. The third-order valence-corrected chi connectivity index (χ3v) is 4.94. The molecule has 4 rings (SSSR count). The summed E-state index contributed by atoms with van der Waals surface area (Å²) in [6.45, 7) is 5.00. The maximum absolute atomic E-state index is 14.3. The summed E-state index contributed by atoms with van der Waals surface area (Å²) in [7, 11) is 0. The fourth-order valence-electron chi connectivity index (χ4n) is 3.07. The predicted molar refractivity (Wildman–Crippen MR) is 94.6 cm³/mol. The first kappa shape index (κ1) is 16.0. The van der Waals surface area contributed by atoms with E-state index in [0.29, 0.717) is 30.3 Å². The van der Waals surface area contributed by atoms with Gasteiger partial charge in [-0.1, -0.05) is 13.8 Å². The van der Waals surface area contributed by atoms with Crippen LogP contribution in [0.5, 0.6) is 0 Å². The van der Waals surface area contributed by atoms with Gasteiger partial charge < -0.3 is 4.90 Å². The third kappa shape index (κ3) is 2.86. The number of aromatic nitrogens is 3. The molecule has 0 saturated carbocycles. The Morgan fingerprint density at radius 3 is 2.80 bits per heavy atom. The van der Waals surface area contributed by atoms with Crippen LogP contribution in [0.1, 0.15) is 31.7 Å². The monoisotopic (exact) mass is 342 g/mol. The normalized spacial score (nSPS) is 16.2. The van der Waals surface area contributed by atoms with Crippen LogP contribution < -0.4 is 4.90 Å². The molecule has 0 amide bonds. The number of hydrogen-bond donors (Lipinski definition) is 0. The van der Waals surface area contributed by atoms with Crippen molar-refractivity contribution in [3.05, 3.63) is 48.0 Å². The number of halogens is 2. The van der Waals surface area contributed by atoms with Crippen molar-refractivity contribution in [3.63, 3.8) is 0 Å². The van der Waals surface area contributed by atoms with Crippen LogP contribution in [-0.2, 0) is 0 Å². The van der Waals surface area contributed by atoms with Gasteiger partial charge in [-0.3, -0.25) is 0 Å². The molecular formula is C19H20F2N4. The van der Waals surface area contributed by atoms with Crippen LogP contribution in [0.3, 0.4) is 0 Å². The lowest BCUT2D eigenvalue weighted by Gasteiger charge is -2.36. The summed E-state index contributed by atoms with van der Waals surface area (Å²) >= 11 is 0. The van der Waals surface area contributed by atoms with Gasteiger partial charge in [0, 0.05) is 23.5 Å². The third-order valence-electron chi connectivity index (χ3n) is 4.94. The van der Waals surface area contributed by atoms with Crippen molar-refractivity contribution >= 4 is 16.7 Å². The van der Waals surface area contributed by atoms with E-state index < -0.39 is 6.17 Å². The highest BCUT2D eigenvalue weighted by Crippen LogP contribution is 2.28. The highest BCUT2D eigenvalue weighted by Gasteiger charge is 2.27. The Bertz CT molecular complexity index is 915. The molecule has 3 heterocycles. The van der Waals surface area contributed by atoms with Gasteiger partial charge in [0.2, 0.25) is 0 Å². The van der Waals surface area contributed by atoms with Gasteiger partial charge in [0.1, 0.15) is 17.7 Å². The lowest BCUT2D eigenvalue weighted by atomic mass is 10.0. The Hall–Kier alpha value is -2.50. The Morgan fingerprint density at radius 1 is 1.28 bits per heavy atom. The molecule has 1 atom stereocenters. The summed E-state index contributed by atoms with van der Waals surface area (Å²) in [6.07, 6.45) is 3.86. The number of nitrogens with zero attached hydrogens (tertiary/aromatic N) is 4. The van der Waals surface area contributed by atoms with E-state index in [-0.39, 0.29) is 5.82 Å². The zero-order chi connectivity index (χ0) is 17.6. The molecule has 130 valence electrons. The molecule has 1 fully saturated rings. The van der Waals surface area contributed by atoms with Crippen LogP contribution in [0.4, 0.5) is 14.5 Å². The first-order valence-corrected chi connectivity index (χ1v) is 8.59. The number of pyridine rings is 1. The van der Waals surface area contributed by atoms with E-state index in [0.717, 1.165) is 23.1 Å². The van der Waals surface area contributed by atoms with Crippen LogP contribution in [-0.4, -0.2) is 34.0 Å². The van der Waals surface area contributed by atoms with Gasteiger partial charge in [0.25, 0.3) is 0 Å². The standard InChI is InChI=1S/C19H20F2N4/c1-3-12(2)13-6-14-9-25(23-19(14)22-8-13)18-7-16(4-5-17(18)21)24-10-15(20)11-24/h4-9,12,15H,3,10-11H2,1-2H3. The number of benzene rings is 1. The zero-order valence-electron chi connectivity index (χ0n) is 14.3. The molecule has 1 aliphatic heterocycles. The summed E-state index contributed by atoms with van der Waals surface area (Å²) in [5.74, 6) is 0.0522. The lowest BCUT2D eigenvalue weighted by molar-refractivity contribution is 0.275. The van der Waals surface area contributed by atoms with Gasteiger partial charge in [-0.25, -0.2) is 18.4 Å². The summed E-state index contributed by atoms with van der Waals surface area (Å²) in [6, 6.07) is 6.85. The summed E-state index contributed by atoms with van der Waals surface area (Å²) in [5, 5.41) is 5.29. The average molecular weight is 342 g/mol. The zero-order valence-corrected chi connectivity index (χ0v) is 14.3. The van der Waals surface area contributed by atoms with E-state index in [1.165, 1.54) is 10.7 Å². The van der Waals surface area contributed by atoms with Gasteiger partial charge in [-0.05, 0) is 42.2 Å². The number of rotatable bonds is 4. The lowest BCUT2D eigenvalue weighted by Crippen LogP contribution is -2.48. The van der Waals surface area contributed by atoms with Crippen molar-refractivity contribution in [1.29, 1.82) is 0 Å². The Morgan fingerprint density at radius 2 is 2.08 bits per heavy atom. The van der Waals surface area contributed by atoms with Crippen LogP contribution in [0.2, 0.25) is 0 Å². The number of anilines is 1. The van der Waals surface area contributed by atoms with Crippen LogP contribution in [0.15, 0.2) is 36.7 Å². The number of fused-ring (bicyclic) bond motifs is 1. The maximum Gasteiger partial charge on any atom is 0.181 e. The van der Waals surface area contributed by atoms with Crippen molar-refractivity contribution in [3.8, 4) is 5.69 Å². The minimum absolute atomic E-state index is 0.350. The first-order chi connectivity index (χ1) is 12.0. The number of hydrogen-bond acceptors (Lipinski definition) is 3. The predicted octanol–water partition coefficient (Wildman–Crippen LogP) is 4.23. The van der Waals surface area contributed by atoms with E-state index in [1.54, 1.807) is 18.3 Å². The van der Waals surface area contributed by atoms with Crippen LogP contribution in [0, 0.1) is 5.82 Å². The smallest absolute Gasteiger partial charge is 0.181 e. The van der Waals surface area contributed by atoms with Crippen molar-refractivity contribution < 1.29 is 8.78 Å². The SMILES string of the molecule is CCC(C)c1cnc2nn(-c3cc(N4CC(F)C4)ccc3F)cc2c1. The van der Waals surface area contributed by atoms with Gasteiger partial charge >= 0.3 is 0 Å². The molecule has 25 heavy (non-hydrogen) atoms. The molecule has 0 radical (unpaired) electrons. The summed E-state index contributed by atoms with van der Waals surface area (Å²) in [5.41, 5.74) is 2.89. The average Bonchev–Trinajstić information content (AvgIpc) is 3.01.